The summed E-state index contributed by atoms with van der Waals surface area (Å²) in [6.45, 7) is 2.29. The summed E-state index contributed by atoms with van der Waals surface area (Å²) >= 11 is 3.44. The maximum Gasteiger partial charge on any atom is 0.259 e. The van der Waals surface area contributed by atoms with E-state index in [2.05, 4.69) is 26.1 Å². The molecule has 2 aromatic rings. The second kappa shape index (κ2) is 4.12. The van der Waals surface area contributed by atoms with E-state index in [-0.39, 0.29) is 6.54 Å². The molecular formula is C10H10BrN3O. The first-order valence-electron chi connectivity index (χ1n) is 4.50. The Bertz CT molecular complexity index is 481. The molecule has 0 bridgehead atoms. The van der Waals surface area contributed by atoms with Crippen molar-refractivity contribution in [2.75, 3.05) is 0 Å². The molecule has 78 valence electrons. The Morgan fingerprint density at radius 3 is 2.93 bits per heavy atom. The van der Waals surface area contributed by atoms with Gasteiger partial charge in [0, 0.05) is 4.47 Å². The van der Waals surface area contributed by atoms with Crippen LogP contribution in [-0.2, 0) is 6.54 Å². The molecule has 1 heterocycles. The highest BCUT2D eigenvalue weighted by molar-refractivity contribution is 9.10. The fraction of sp³-hybridized carbons (Fsp3) is 0.200. The third kappa shape index (κ3) is 2.08. The summed E-state index contributed by atoms with van der Waals surface area (Å²) in [6, 6.07) is 5.95. The summed E-state index contributed by atoms with van der Waals surface area (Å²) in [5.74, 6) is 1.00. The molecule has 5 heteroatoms. The van der Waals surface area contributed by atoms with Crippen molar-refractivity contribution in [1.82, 2.24) is 10.1 Å². The van der Waals surface area contributed by atoms with Crippen LogP contribution >= 0.6 is 15.9 Å². The summed E-state index contributed by atoms with van der Waals surface area (Å²) in [6.07, 6.45) is 0. The first-order chi connectivity index (χ1) is 7.20. The Hall–Kier alpha value is -1.20. The van der Waals surface area contributed by atoms with E-state index in [4.69, 9.17) is 10.3 Å². The minimum absolute atomic E-state index is 0.285. The molecule has 0 aliphatic heterocycles. The van der Waals surface area contributed by atoms with Gasteiger partial charge in [0.05, 0.1) is 12.1 Å². The summed E-state index contributed by atoms with van der Waals surface area (Å²) in [4.78, 5) is 4.17. The highest BCUT2D eigenvalue weighted by Crippen LogP contribution is 2.27. The summed E-state index contributed by atoms with van der Waals surface area (Å²) in [5, 5.41) is 3.75. The second-order valence-electron chi connectivity index (χ2n) is 3.20. The molecular weight excluding hydrogens is 258 g/mol. The van der Waals surface area contributed by atoms with Crippen LogP contribution in [-0.4, -0.2) is 10.1 Å². The number of hydrogen-bond donors (Lipinski definition) is 1. The fourth-order valence-corrected chi connectivity index (χ4v) is 1.67. The Morgan fingerprint density at radius 2 is 2.27 bits per heavy atom. The molecule has 0 saturated heterocycles. The van der Waals surface area contributed by atoms with Gasteiger partial charge in [-0.3, -0.25) is 0 Å². The molecule has 1 aromatic carbocycles. The lowest BCUT2D eigenvalue weighted by atomic mass is 10.1. The van der Waals surface area contributed by atoms with Crippen LogP contribution in [0.4, 0.5) is 0 Å². The van der Waals surface area contributed by atoms with Crippen LogP contribution in [0, 0.1) is 6.92 Å². The van der Waals surface area contributed by atoms with Crippen LogP contribution in [0.1, 0.15) is 11.4 Å². The number of halogens is 1. The maximum absolute atomic E-state index is 5.41. The number of aryl methyl sites for hydroxylation is 1. The molecule has 4 nitrogen and oxygen atoms in total. The first kappa shape index (κ1) is 10.3. The van der Waals surface area contributed by atoms with Crippen LogP contribution in [0.15, 0.2) is 27.2 Å². The largest absolute Gasteiger partial charge is 0.334 e. The van der Waals surface area contributed by atoms with E-state index in [0.717, 1.165) is 15.6 Å². The molecule has 0 amide bonds. The molecule has 2 rings (SSSR count). The van der Waals surface area contributed by atoms with Crippen molar-refractivity contribution in [1.29, 1.82) is 0 Å². The average molecular weight is 268 g/mol. The van der Waals surface area contributed by atoms with Crippen molar-refractivity contribution < 1.29 is 4.52 Å². The number of nitrogens with zero attached hydrogens (tertiary/aromatic N) is 2. The standard InChI is InChI=1S/C10H10BrN3O/c1-6-2-3-8(11)7(4-6)10-13-9(5-12)14-15-10/h2-4H,5,12H2,1H3. The lowest BCUT2D eigenvalue weighted by molar-refractivity contribution is 0.422. The number of aromatic nitrogens is 2. The van der Waals surface area contributed by atoms with Crippen molar-refractivity contribution in [3.05, 3.63) is 34.1 Å². The minimum Gasteiger partial charge on any atom is -0.334 e. The van der Waals surface area contributed by atoms with Crippen LogP contribution < -0.4 is 5.73 Å². The van der Waals surface area contributed by atoms with Crippen LogP contribution in [0.3, 0.4) is 0 Å². The molecule has 0 aliphatic rings. The number of nitrogens with two attached hydrogens (primary N) is 1. The molecule has 2 N–H and O–H groups in total. The molecule has 0 atom stereocenters. The zero-order valence-corrected chi connectivity index (χ0v) is 9.78. The second-order valence-corrected chi connectivity index (χ2v) is 4.06. The van der Waals surface area contributed by atoms with Crippen molar-refractivity contribution >= 4 is 15.9 Å². The lowest BCUT2D eigenvalue weighted by Crippen LogP contribution is -1.97. The fourth-order valence-electron chi connectivity index (χ4n) is 1.25. The highest BCUT2D eigenvalue weighted by Gasteiger charge is 2.11. The number of hydrogen-bond acceptors (Lipinski definition) is 4. The summed E-state index contributed by atoms with van der Waals surface area (Å²) in [7, 11) is 0. The van der Waals surface area contributed by atoms with Gasteiger partial charge in [0.2, 0.25) is 0 Å². The number of rotatable bonds is 2. The van der Waals surface area contributed by atoms with Gasteiger partial charge in [-0.1, -0.05) is 16.8 Å². The third-order valence-corrected chi connectivity index (χ3v) is 2.69. The van der Waals surface area contributed by atoms with Gasteiger partial charge in [-0.05, 0) is 35.0 Å². The predicted molar refractivity (Wildman–Crippen MR) is 60.1 cm³/mol. The van der Waals surface area contributed by atoms with E-state index in [1.165, 1.54) is 0 Å². The molecule has 0 saturated carbocycles. The molecule has 0 unspecified atom stereocenters. The normalized spacial score (nSPS) is 10.6. The van der Waals surface area contributed by atoms with E-state index < -0.39 is 0 Å². The van der Waals surface area contributed by atoms with Crippen molar-refractivity contribution in [3.63, 3.8) is 0 Å². The van der Waals surface area contributed by atoms with E-state index >= 15 is 0 Å². The summed E-state index contributed by atoms with van der Waals surface area (Å²) in [5.41, 5.74) is 7.44. The lowest BCUT2D eigenvalue weighted by Gasteiger charge is -1.99. The molecule has 0 fully saturated rings. The quantitative estimate of drug-likeness (QED) is 0.907. The van der Waals surface area contributed by atoms with Gasteiger partial charge < -0.3 is 10.3 Å². The van der Waals surface area contributed by atoms with E-state index in [1.54, 1.807) is 0 Å². The zero-order valence-electron chi connectivity index (χ0n) is 8.20. The molecule has 0 spiro atoms. The van der Waals surface area contributed by atoms with Gasteiger partial charge in [-0.25, -0.2) is 0 Å². The zero-order chi connectivity index (χ0) is 10.8. The Kier molecular flexibility index (Phi) is 2.83. The Morgan fingerprint density at radius 1 is 1.47 bits per heavy atom. The van der Waals surface area contributed by atoms with Crippen molar-refractivity contribution in [3.8, 4) is 11.5 Å². The van der Waals surface area contributed by atoms with Crippen molar-refractivity contribution in [2.45, 2.75) is 13.5 Å². The molecule has 15 heavy (non-hydrogen) atoms. The molecule has 1 aromatic heterocycles. The van der Waals surface area contributed by atoms with E-state index in [1.807, 2.05) is 25.1 Å². The van der Waals surface area contributed by atoms with E-state index in [0.29, 0.717) is 11.7 Å². The van der Waals surface area contributed by atoms with Gasteiger partial charge in [0.25, 0.3) is 5.89 Å². The van der Waals surface area contributed by atoms with E-state index in [9.17, 15) is 0 Å². The van der Waals surface area contributed by atoms with Gasteiger partial charge in [0.15, 0.2) is 5.82 Å². The summed E-state index contributed by atoms with van der Waals surface area (Å²) < 4.78 is 6.04. The number of benzene rings is 1. The minimum atomic E-state index is 0.285. The van der Waals surface area contributed by atoms with Crippen LogP contribution in [0.2, 0.25) is 0 Å². The monoisotopic (exact) mass is 267 g/mol. The topological polar surface area (TPSA) is 64.9 Å². The smallest absolute Gasteiger partial charge is 0.259 e. The van der Waals surface area contributed by atoms with Crippen LogP contribution in [0.25, 0.3) is 11.5 Å². The molecule has 0 aliphatic carbocycles. The maximum atomic E-state index is 5.41. The Labute approximate surface area is 95.6 Å². The van der Waals surface area contributed by atoms with Gasteiger partial charge >= 0.3 is 0 Å². The van der Waals surface area contributed by atoms with Gasteiger partial charge in [0.1, 0.15) is 0 Å². The predicted octanol–water partition coefficient (Wildman–Crippen LogP) is 2.27. The van der Waals surface area contributed by atoms with Gasteiger partial charge in [-0.2, -0.15) is 4.98 Å². The third-order valence-electron chi connectivity index (χ3n) is 2.00. The Balaban J connectivity index is 2.48. The van der Waals surface area contributed by atoms with Crippen molar-refractivity contribution in [2.24, 2.45) is 5.73 Å². The van der Waals surface area contributed by atoms with Crippen LogP contribution in [0.5, 0.6) is 0 Å². The average Bonchev–Trinajstić information content (AvgIpc) is 2.70. The highest BCUT2D eigenvalue weighted by atomic mass is 79.9. The van der Waals surface area contributed by atoms with Gasteiger partial charge in [-0.15, -0.1) is 0 Å². The first-order valence-corrected chi connectivity index (χ1v) is 5.29. The SMILES string of the molecule is Cc1ccc(Br)c(-c2nc(CN)no2)c1. The molecule has 0 radical (unpaired) electrons.